The van der Waals surface area contributed by atoms with Gasteiger partial charge in [0.25, 0.3) is 5.91 Å². The smallest absolute Gasteiger partial charge is 0.255 e. The highest BCUT2D eigenvalue weighted by molar-refractivity contribution is 7.08. The molecule has 1 amide bonds. The third kappa shape index (κ3) is 2.53. The number of fused-ring (bicyclic) bond motifs is 1. The Hall–Kier alpha value is -2.47. The van der Waals surface area contributed by atoms with E-state index >= 15 is 0 Å². The van der Waals surface area contributed by atoms with E-state index in [0.29, 0.717) is 24.7 Å². The molecule has 3 heterocycles. The molecule has 1 aliphatic rings. The van der Waals surface area contributed by atoms with Gasteiger partial charge in [-0.2, -0.15) is 11.3 Å². The molecule has 0 spiro atoms. The molecule has 6 heteroatoms. The van der Waals surface area contributed by atoms with E-state index in [4.69, 9.17) is 4.42 Å². The molecule has 0 saturated carbocycles. The average Bonchev–Trinajstić information content (AvgIpc) is 3.21. The van der Waals surface area contributed by atoms with Crippen molar-refractivity contribution in [3.05, 3.63) is 69.1 Å². The Morgan fingerprint density at radius 1 is 1.21 bits per heavy atom. The lowest BCUT2D eigenvalue weighted by molar-refractivity contribution is 0.0602. The monoisotopic (exact) mass is 339 g/mol. The molecule has 0 radical (unpaired) electrons. The molecule has 1 atom stereocenters. The predicted molar refractivity (Wildman–Crippen MR) is 90.9 cm³/mol. The molecule has 0 aliphatic carbocycles. The zero-order valence-corrected chi connectivity index (χ0v) is 14.3. The zero-order chi connectivity index (χ0) is 16.7. The fraction of sp³-hybridized carbons (Fsp3) is 0.278. The number of amides is 1. The molecule has 3 aromatic rings. The van der Waals surface area contributed by atoms with Crippen molar-refractivity contribution in [2.75, 3.05) is 0 Å². The minimum atomic E-state index is -0.229. The Bertz CT molecular complexity index is 899. The molecule has 2 aromatic heterocycles. The highest BCUT2D eigenvalue weighted by Crippen LogP contribution is 2.34. The summed E-state index contributed by atoms with van der Waals surface area (Å²) >= 11 is 1.55. The van der Waals surface area contributed by atoms with Gasteiger partial charge in [0.05, 0.1) is 5.56 Å². The highest BCUT2D eigenvalue weighted by atomic mass is 32.1. The van der Waals surface area contributed by atoms with Gasteiger partial charge in [-0.25, -0.2) is 0 Å². The molecule has 24 heavy (non-hydrogen) atoms. The Labute approximate surface area is 143 Å². The van der Waals surface area contributed by atoms with Crippen molar-refractivity contribution in [1.29, 1.82) is 0 Å². The molecule has 0 N–H and O–H groups in total. The van der Waals surface area contributed by atoms with Crippen molar-refractivity contribution >= 4 is 17.2 Å². The molecule has 1 unspecified atom stereocenters. The van der Waals surface area contributed by atoms with Gasteiger partial charge in [0.1, 0.15) is 6.04 Å². The van der Waals surface area contributed by atoms with Crippen LogP contribution < -0.4 is 0 Å². The van der Waals surface area contributed by atoms with Gasteiger partial charge in [0, 0.05) is 25.3 Å². The Kier molecular flexibility index (Phi) is 3.69. The maximum atomic E-state index is 13.1. The van der Waals surface area contributed by atoms with Crippen molar-refractivity contribution in [2.24, 2.45) is 0 Å². The van der Waals surface area contributed by atoms with Crippen LogP contribution >= 0.6 is 11.3 Å². The summed E-state index contributed by atoms with van der Waals surface area (Å²) in [6.45, 7) is 4.28. The number of nitrogens with zero attached hydrogens (tertiary/aromatic N) is 3. The molecule has 1 aliphatic heterocycles. The van der Waals surface area contributed by atoms with Gasteiger partial charge < -0.3 is 9.32 Å². The van der Waals surface area contributed by atoms with Crippen molar-refractivity contribution < 1.29 is 9.21 Å². The largest absolute Gasteiger partial charge is 0.423 e. The Balaban J connectivity index is 1.76. The summed E-state index contributed by atoms with van der Waals surface area (Å²) in [4.78, 5) is 15.0. The fourth-order valence-corrected chi connectivity index (χ4v) is 3.96. The number of carbonyl (C=O) groups is 1. The first-order valence-corrected chi connectivity index (χ1v) is 8.78. The second-order valence-corrected chi connectivity index (χ2v) is 6.79. The number of aromatic nitrogens is 2. The number of thiophene rings is 1. The predicted octanol–water partition coefficient (Wildman–Crippen LogP) is 3.69. The number of hydrogen-bond acceptors (Lipinski definition) is 5. The van der Waals surface area contributed by atoms with Crippen LogP contribution in [0.15, 0.2) is 39.4 Å². The third-order valence-corrected chi connectivity index (χ3v) is 5.28. The van der Waals surface area contributed by atoms with Gasteiger partial charge in [0.15, 0.2) is 0 Å². The van der Waals surface area contributed by atoms with E-state index < -0.39 is 0 Å². The first-order valence-electron chi connectivity index (χ1n) is 7.84. The normalized spacial score (nSPS) is 16.9. The van der Waals surface area contributed by atoms with Crippen LogP contribution in [0, 0.1) is 13.8 Å². The van der Waals surface area contributed by atoms with E-state index in [1.54, 1.807) is 18.3 Å². The summed E-state index contributed by atoms with van der Waals surface area (Å²) in [5.41, 5.74) is 4.15. The van der Waals surface area contributed by atoms with E-state index in [1.807, 2.05) is 34.7 Å². The van der Waals surface area contributed by atoms with E-state index in [2.05, 4.69) is 22.3 Å². The lowest BCUT2D eigenvalue weighted by atomic mass is 9.93. The molecule has 5 nitrogen and oxygen atoms in total. The van der Waals surface area contributed by atoms with Gasteiger partial charge in [-0.15, -0.1) is 10.2 Å². The van der Waals surface area contributed by atoms with Crippen LogP contribution in [0.4, 0.5) is 0 Å². The van der Waals surface area contributed by atoms with Crippen LogP contribution in [0.25, 0.3) is 0 Å². The lowest BCUT2D eigenvalue weighted by Gasteiger charge is -2.35. The summed E-state index contributed by atoms with van der Waals surface area (Å²) in [5.74, 6) is 1.04. The van der Waals surface area contributed by atoms with Gasteiger partial charge in [-0.05, 0) is 29.0 Å². The van der Waals surface area contributed by atoms with Crippen LogP contribution in [0.1, 0.15) is 44.9 Å². The van der Waals surface area contributed by atoms with Crippen molar-refractivity contribution in [3.63, 3.8) is 0 Å². The van der Waals surface area contributed by atoms with E-state index in [-0.39, 0.29) is 11.9 Å². The van der Waals surface area contributed by atoms with Crippen LogP contribution in [-0.2, 0) is 13.0 Å². The second kappa shape index (κ2) is 5.87. The van der Waals surface area contributed by atoms with Crippen molar-refractivity contribution in [2.45, 2.75) is 32.9 Å². The average molecular weight is 339 g/mol. The van der Waals surface area contributed by atoms with E-state index in [1.165, 1.54) is 11.1 Å². The van der Waals surface area contributed by atoms with Crippen molar-refractivity contribution in [3.8, 4) is 0 Å². The molecule has 0 saturated heterocycles. The number of aryl methyl sites for hydroxylation is 2. The van der Waals surface area contributed by atoms with E-state index in [0.717, 1.165) is 11.1 Å². The first-order chi connectivity index (χ1) is 11.6. The SMILES string of the molecule is Cc1nnc(C2Cc3ccccc3CN2C(=O)c2cscc2C)o1. The van der Waals surface area contributed by atoms with Gasteiger partial charge >= 0.3 is 0 Å². The lowest BCUT2D eigenvalue weighted by Crippen LogP contribution is -2.39. The van der Waals surface area contributed by atoms with Crippen molar-refractivity contribution in [1.82, 2.24) is 15.1 Å². The maximum Gasteiger partial charge on any atom is 0.255 e. The number of rotatable bonds is 2. The standard InChI is InChI=1S/C18H17N3O2S/c1-11-9-24-10-15(11)18(22)21-8-14-6-4-3-5-13(14)7-16(21)17-20-19-12(2)23-17/h3-6,9-10,16H,7-8H2,1-2H3. The highest BCUT2D eigenvalue weighted by Gasteiger charge is 2.35. The van der Waals surface area contributed by atoms with Gasteiger partial charge in [-0.3, -0.25) is 4.79 Å². The molecule has 0 fully saturated rings. The summed E-state index contributed by atoms with van der Waals surface area (Å²) in [6, 6.07) is 7.98. The number of benzene rings is 1. The quantitative estimate of drug-likeness (QED) is 0.714. The minimum absolute atomic E-state index is 0.0177. The maximum absolute atomic E-state index is 13.1. The molecule has 0 bridgehead atoms. The van der Waals surface area contributed by atoms with E-state index in [9.17, 15) is 4.79 Å². The van der Waals surface area contributed by atoms with Crippen LogP contribution in [0.3, 0.4) is 0 Å². The third-order valence-electron chi connectivity index (χ3n) is 4.42. The van der Waals surface area contributed by atoms with Crippen LogP contribution in [-0.4, -0.2) is 21.0 Å². The zero-order valence-electron chi connectivity index (χ0n) is 13.5. The number of carbonyl (C=O) groups excluding carboxylic acids is 1. The Morgan fingerprint density at radius 3 is 2.67 bits per heavy atom. The Morgan fingerprint density at radius 2 is 2.00 bits per heavy atom. The second-order valence-electron chi connectivity index (χ2n) is 6.05. The van der Waals surface area contributed by atoms with Gasteiger partial charge in [0.2, 0.25) is 11.8 Å². The minimum Gasteiger partial charge on any atom is -0.423 e. The molecule has 1 aromatic carbocycles. The summed E-state index contributed by atoms with van der Waals surface area (Å²) in [7, 11) is 0. The summed E-state index contributed by atoms with van der Waals surface area (Å²) in [6.07, 6.45) is 0.687. The fourth-order valence-electron chi connectivity index (χ4n) is 3.14. The van der Waals surface area contributed by atoms with Crippen LogP contribution in [0.5, 0.6) is 0 Å². The summed E-state index contributed by atoms with van der Waals surface area (Å²) in [5, 5.41) is 12.0. The number of hydrogen-bond donors (Lipinski definition) is 0. The van der Waals surface area contributed by atoms with Gasteiger partial charge in [-0.1, -0.05) is 24.3 Å². The molecular formula is C18H17N3O2S. The first kappa shape index (κ1) is 15.1. The molecule has 4 rings (SSSR count). The molecular weight excluding hydrogens is 322 g/mol. The van der Waals surface area contributed by atoms with Crippen LogP contribution in [0.2, 0.25) is 0 Å². The molecule has 122 valence electrons. The summed E-state index contributed by atoms with van der Waals surface area (Å²) < 4.78 is 5.65. The topological polar surface area (TPSA) is 59.2 Å².